The molecule has 2 nitrogen and oxygen atoms in total. The van der Waals surface area contributed by atoms with Crippen LogP contribution in [0.15, 0.2) is 12.1 Å². The number of carboxylic acids is 1. The smallest absolute Gasteiger partial charge is 0.304 e. The molecule has 0 saturated carbocycles. The van der Waals surface area contributed by atoms with E-state index in [-0.39, 0.29) is 17.7 Å². The molecule has 0 saturated heterocycles. The van der Waals surface area contributed by atoms with Gasteiger partial charge in [-0.2, -0.15) is 0 Å². The minimum atomic E-state index is -0.794. The van der Waals surface area contributed by atoms with E-state index in [0.29, 0.717) is 5.56 Å². The summed E-state index contributed by atoms with van der Waals surface area (Å²) in [6.45, 7) is 3.67. The molecule has 2 rings (SSSR count). The van der Waals surface area contributed by atoms with Gasteiger partial charge in [0.15, 0.2) is 0 Å². The molecule has 1 aliphatic rings. The SMILES string of the molecule is Cc1cc2c(cc1F)CCC2(C)CC(=O)O. The first kappa shape index (κ1) is 11.1. The Kier molecular flexibility index (Phi) is 2.49. The predicted octanol–water partition coefficient (Wildman–Crippen LogP) is 2.81. The van der Waals surface area contributed by atoms with E-state index in [1.807, 2.05) is 6.92 Å². The van der Waals surface area contributed by atoms with Gasteiger partial charge in [-0.3, -0.25) is 4.79 Å². The number of hydrogen-bond acceptors (Lipinski definition) is 1. The van der Waals surface area contributed by atoms with E-state index < -0.39 is 5.97 Å². The summed E-state index contributed by atoms with van der Waals surface area (Å²) in [5.74, 6) is -0.990. The van der Waals surface area contributed by atoms with Crippen molar-refractivity contribution in [2.45, 2.75) is 38.5 Å². The highest BCUT2D eigenvalue weighted by atomic mass is 19.1. The van der Waals surface area contributed by atoms with Crippen LogP contribution in [-0.4, -0.2) is 11.1 Å². The summed E-state index contributed by atoms with van der Waals surface area (Å²) in [4.78, 5) is 10.8. The van der Waals surface area contributed by atoms with Gasteiger partial charge in [0.25, 0.3) is 0 Å². The third-order valence-electron chi connectivity index (χ3n) is 3.52. The monoisotopic (exact) mass is 222 g/mol. The van der Waals surface area contributed by atoms with Crippen molar-refractivity contribution in [2.24, 2.45) is 0 Å². The lowest BCUT2D eigenvalue weighted by molar-refractivity contribution is -0.138. The number of fused-ring (bicyclic) bond motifs is 1. The molecule has 0 fully saturated rings. The second-order valence-electron chi connectivity index (χ2n) is 4.89. The maximum atomic E-state index is 13.4. The molecule has 0 aliphatic heterocycles. The molecule has 1 N–H and O–H groups in total. The lowest BCUT2D eigenvalue weighted by Gasteiger charge is -2.23. The van der Waals surface area contributed by atoms with Crippen molar-refractivity contribution in [1.82, 2.24) is 0 Å². The van der Waals surface area contributed by atoms with Crippen LogP contribution in [0.25, 0.3) is 0 Å². The number of carboxylic acid groups (broad SMARTS) is 1. The fourth-order valence-corrected chi connectivity index (χ4v) is 2.55. The topological polar surface area (TPSA) is 37.3 Å². The van der Waals surface area contributed by atoms with Crippen LogP contribution in [0.1, 0.15) is 36.5 Å². The van der Waals surface area contributed by atoms with E-state index >= 15 is 0 Å². The Bertz CT molecular complexity index is 453. The summed E-state index contributed by atoms with van der Waals surface area (Å²) in [6.07, 6.45) is 1.68. The number of rotatable bonds is 2. The number of carbonyl (C=O) groups is 1. The van der Waals surface area contributed by atoms with Crippen molar-refractivity contribution in [1.29, 1.82) is 0 Å². The van der Waals surface area contributed by atoms with Gasteiger partial charge in [0, 0.05) is 5.41 Å². The summed E-state index contributed by atoms with van der Waals surface area (Å²) in [5, 5.41) is 8.91. The Morgan fingerprint density at radius 2 is 2.25 bits per heavy atom. The van der Waals surface area contributed by atoms with Gasteiger partial charge in [0.2, 0.25) is 0 Å². The number of aryl methyl sites for hydroxylation is 2. The lowest BCUT2D eigenvalue weighted by Crippen LogP contribution is -2.22. The van der Waals surface area contributed by atoms with Gasteiger partial charge in [0.1, 0.15) is 5.82 Å². The van der Waals surface area contributed by atoms with Gasteiger partial charge in [-0.25, -0.2) is 4.39 Å². The molecular weight excluding hydrogens is 207 g/mol. The molecular formula is C13H15FO2. The van der Waals surface area contributed by atoms with Gasteiger partial charge in [-0.1, -0.05) is 13.0 Å². The van der Waals surface area contributed by atoms with E-state index in [4.69, 9.17) is 5.11 Å². The molecule has 1 atom stereocenters. The van der Waals surface area contributed by atoms with Gasteiger partial charge in [0.05, 0.1) is 6.42 Å². The van der Waals surface area contributed by atoms with Gasteiger partial charge >= 0.3 is 5.97 Å². The third kappa shape index (κ3) is 1.70. The van der Waals surface area contributed by atoms with Crippen LogP contribution in [0.4, 0.5) is 4.39 Å². The highest BCUT2D eigenvalue weighted by Crippen LogP contribution is 2.42. The number of benzene rings is 1. The largest absolute Gasteiger partial charge is 0.481 e. The first-order chi connectivity index (χ1) is 7.42. The lowest BCUT2D eigenvalue weighted by atomic mass is 9.80. The molecule has 1 aliphatic carbocycles. The number of hydrogen-bond donors (Lipinski definition) is 1. The number of aliphatic carboxylic acids is 1. The predicted molar refractivity (Wildman–Crippen MR) is 59.1 cm³/mol. The molecule has 86 valence electrons. The van der Waals surface area contributed by atoms with Crippen LogP contribution in [-0.2, 0) is 16.6 Å². The van der Waals surface area contributed by atoms with E-state index in [1.165, 1.54) is 0 Å². The maximum absolute atomic E-state index is 13.4. The summed E-state index contributed by atoms with van der Waals surface area (Å²) in [7, 11) is 0. The molecule has 1 aromatic rings. The molecule has 3 heteroatoms. The zero-order valence-corrected chi connectivity index (χ0v) is 9.51. The van der Waals surface area contributed by atoms with Crippen molar-refractivity contribution >= 4 is 5.97 Å². The standard InChI is InChI=1S/C13H15FO2/c1-8-5-10-9(6-11(8)14)3-4-13(10,2)7-12(15)16/h5-6H,3-4,7H2,1-2H3,(H,15,16). The van der Waals surface area contributed by atoms with Crippen LogP contribution in [0.3, 0.4) is 0 Å². The minimum Gasteiger partial charge on any atom is -0.481 e. The van der Waals surface area contributed by atoms with E-state index in [0.717, 1.165) is 24.0 Å². The Hall–Kier alpha value is -1.38. The molecule has 1 aromatic carbocycles. The Morgan fingerprint density at radius 1 is 1.56 bits per heavy atom. The first-order valence-corrected chi connectivity index (χ1v) is 5.44. The average Bonchev–Trinajstić information content (AvgIpc) is 2.45. The fraction of sp³-hybridized carbons (Fsp3) is 0.462. The first-order valence-electron chi connectivity index (χ1n) is 5.44. The Labute approximate surface area is 94.1 Å². The zero-order valence-electron chi connectivity index (χ0n) is 9.51. The van der Waals surface area contributed by atoms with E-state index in [9.17, 15) is 9.18 Å². The fourth-order valence-electron chi connectivity index (χ4n) is 2.55. The number of halogens is 1. The molecule has 0 amide bonds. The van der Waals surface area contributed by atoms with Gasteiger partial charge < -0.3 is 5.11 Å². The molecule has 0 spiro atoms. The van der Waals surface area contributed by atoms with Crippen molar-refractivity contribution < 1.29 is 14.3 Å². The quantitative estimate of drug-likeness (QED) is 0.835. The van der Waals surface area contributed by atoms with Crippen LogP contribution in [0.2, 0.25) is 0 Å². The minimum absolute atomic E-state index is 0.116. The van der Waals surface area contributed by atoms with E-state index in [1.54, 1.807) is 19.1 Å². The van der Waals surface area contributed by atoms with Crippen molar-refractivity contribution in [3.05, 3.63) is 34.6 Å². The van der Waals surface area contributed by atoms with E-state index in [2.05, 4.69) is 0 Å². The third-order valence-corrected chi connectivity index (χ3v) is 3.52. The maximum Gasteiger partial charge on any atom is 0.304 e. The summed E-state index contributed by atoms with van der Waals surface area (Å²) in [6, 6.07) is 3.36. The van der Waals surface area contributed by atoms with Crippen molar-refractivity contribution in [3.8, 4) is 0 Å². The Morgan fingerprint density at radius 3 is 2.88 bits per heavy atom. The molecule has 1 unspecified atom stereocenters. The molecule has 0 radical (unpaired) electrons. The van der Waals surface area contributed by atoms with Crippen LogP contribution < -0.4 is 0 Å². The second-order valence-corrected chi connectivity index (χ2v) is 4.89. The summed E-state index contributed by atoms with van der Waals surface area (Å²) in [5.41, 5.74) is 2.23. The van der Waals surface area contributed by atoms with Crippen molar-refractivity contribution in [2.75, 3.05) is 0 Å². The zero-order chi connectivity index (χ0) is 11.9. The highest BCUT2D eigenvalue weighted by molar-refractivity contribution is 5.69. The van der Waals surface area contributed by atoms with Crippen LogP contribution >= 0.6 is 0 Å². The second kappa shape index (κ2) is 3.58. The Balaban J connectivity index is 2.46. The average molecular weight is 222 g/mol. The van der Waals surface area contributed by atoms with Gasteiger partial charge in [-0.15, -0.1) is 0 Å². The highest BCUT2D eigenvalue weighted by Gasteiger charge is 2.36. The molecule has 0 bridgehead atoms. The van der Waals surface area contributed by atoms with Gasteiger partial charge in [-0.05, 0) is 42.5 Å². The van der Waals surface area contributed by atoms with Crippen molar-refractivity contribution in [3.63, 3.8) is 0 Å². The van der Waals surface area contributed by atoms with Crippen LogP contribution in [0.5, 0.6) is 0 Å². The van der Waals surface area contributed by atoms with Crippen LogP contribution in [0, 0.1) is 12.7 Å². The molecule has 16 heavy (non-hydrogen) atoms. The summed E-state index contributed by atoms with van der Waals surface area (Å²) >= 11 is 0. The molecule has 0 heterocycles. The summed E-state index contributed by atoms with van der Waals surface area (Å²) < 4.78 is 13.4. The normalized spacial score (nSPS) is 23.2. The molecule has 0 aromatic heterocycles.